The Labute approximate surface area is 117 Å². The van der Waals surface area contributed by atoms with Crippen LogP contribution in [-0.4, -0.2) is 48.6 Å². The highest BCUT2D eigenvalue weighted by Crippen LogP contribution is 2.24. The third kappa shape index (κ3) is 3.37. The fraction of sp³-hybridized carbons (Fsp3) is 0.462. The molecule has 5 nitrogen and oxygen atoms in total. The lowest BCUT2D eigenvalue weighted by atomic mass is 10.1. The molecule has 1 aromatic rings. The quantitative estimate of drug-likeness (QED) is 0.759. The van der Waals surface area contributed by atoms with E-state index >= 15 is 0 Å². The van der Waals surface area contributed by atoms with E-state index < -0.39 is 0 Å². The van der Waals surface area contributed by atoms with Crippen molar-refractivity contribution in [1.82, 2.24) is 15.5 Å². The highest BCUT2D eigenvalue weighted by atomic mass is 35.5. The van der Waals surface area contributed by atoms with Crippen LogP contribution in [0.1, 0.15) is 5.56 Å². The third-order valence-corrected chi connectivity index (χ3v) is 3.55. The summed E-state index contributed by atoms with van der Waals surface area (Å²) >= 11 is 5.94. The molecule has 1 atom stereocenters. The summed E-state index contributed by atoms with van der Waals surface area (Å²) in [5.74, 6) is 0.187. The van der Waals surface area contributed by atoms with Crippen molar-refractivity contribution in [1.29, 1.82) is 0 Å². The number of likely N-dealkylation sites (N-methyl/N-ethyl adjacent to an activating group) is 1. The van der Waals surface area contributed by atoms with E-state index in [2.05, 4.69) is 10.6 Å². The van der Waals surface area contributed by atoms with Crippen molar-refractivity contribution in [2.75, 3.05) is 26.7 Å². The summed E-state index contributed by atoms with van der Waals surface area (Å²) < 4.78 is 0. The summed E-state index contributed by atoms with van der Waals surface area (Å²) in [4.78, 5) is 13.9. The average Bonchev–Trinajstić information content (AvgIpc) is 2.42. The van der Waals surface area contributed by atoms with Crippen molar-refractivity contribution in [2.24, 2.45) is 0 Å². The van der Waals surface area contributed by atoms with E-state index in [1.54, 1.807) is 25.2 Å². The number of halogens is 1. The molecule has 1 aromatic carbocycles. The number of phenolic OH excluding ortho intramolecular Hbond substituents is 1. The van der Waals surface area contributed by atoms with Gasteiger partial charge in [-0.15, -0.1) is 0 Å². The van der Waals surface area contributed by atoms with Crippen LogP contribution in [0.15, 0.2) is 18.2 Å². The predicted octanol–water partition coefficient (Wildman–Crippen LogP) is 0.565. The van der Waals surface area contributed by atoms with Gasteiger partial charge in [0.2, 0.25) is 5.91 Å². The lowest BCUT2D eigenvalue weighted by molar-refractivity contribution is -0.126. The molecule has 1 heterocycles. The van der Waals surface area contributed by atoms with Gasteiger partial charge in [-0.2, -0.15) is 0 Å². The molecule has 1 aliphatic heterocycles. The minimum absolute atomic E-state index is 0.0197. The number of piperazine rings is 1. The summed E-state index contributed by atoms with van der Waals surface area (Å²) in [6, 6.07) is 4.74. The Balaban J connectivity index is 2.15. The molecule has 1 amide bonds. The van der Waals surface area contributed by atoms with Crippen LogP contribution < -0.4 is 10.6 Å². The number of rotatable bonds is 3. The summed E-state index contributed by atoms with van der Waals surface area (Å²) in [6.07, 6.45) is 0. The number of phenols is 1. The molecule has 0 radical (unpaired) electrons. The number of hydrogen-bond acceptors (Lipinski definition) is 4. The normalized spacial score (nSPS) is 20.2. The van der Waals surface area contributed by atoms with Crippen molar-refractivity contribution in [3.05, 3.63) is 28.8 Å². The first-order chi connectivity index (χ1) is 9.11. The number of carbonyl (C=O) groups excluding carboxylic acids is 1. The minimum Gasteiger partial charge on any atom is -0.508 e. The molecule has 3 N–H and O–H groups in total. The van der Waals surface area contributed by atoms with Crippen LogP contribution in [0.3, 0.4) is 0 Å². The van der Waals surface area contributed by atoms with E-state index in [0.29, 0.717) is 18.1 Å². The fourth-order valence-electron chi connectivity index (χ4n) is 2.26. The van der Waals surface area contributed by atoms with Gasteiger partial charge in [-0.3, -0.25) is 9.69 Å². The van der Waals surface area contributed by atoms with Gasteiger partial charge in [-0.1, -0.05) is 11.6 Å². The fourth-order valence-corrected chi connectivity index (χ4v) is 2.45. The van der Waals surface area contributed by atoms with Gasteiger partial charge in [-0.25, -0.2) is 0 Å². The van der Waals surface area contributed by atoms with Gasteiger partial charge >= 0.3 is 0 Å². The Morgan fingerprint density at radius 3 is 3.16 bits per heavy atom. The number of amides is 1. The number of carbonyl (C=O) groups is 1. The van der Waals surface area contributed by atoms with E-state index in [9.17, 15) is 9.90 Å². The smallest absolute Gasteiger partial charge is 0.238 e. The first kappa shape index (κ1) is 14.1. The van der Waals surface area contributed by atoms with Gasteiger partial charge in [0.05, 0.1) is 0 Å². The third-order valence-electron chi connectivity index (χ3n) is 3.32. The molecule has 0 aromatic heterocycles. The van der Waals surface area contributed by atoms with Crippen LogP contribution in [0.2, 0.25) is 5.02 Å². The number of aromatic hydroxyl groups is 1. The SMILES string of the molecule is CNC(=O)C1CNCCN1Cc1cc(Cl)ccc1O. The maximum Gasteiger partial charge on any atom is 0.238 e. The minimum atomic E-state index is -0.225. The number of hydrogen-bond donors (Lipinski definition) is 3. The van der Waals surface area contributed by atoms with E-state index in [0.717, 1.165) is 18.7 Å². The van der Waals surface area contributed by atoms with E-state index in [1.807, 2.05) is 4.90 Å². The average molecular weight is 284 g/mol. The lowest BCUT2D eigenvalue weighted by Gasteiger charge is -2.35. The number of nitrogens with zero attached hydrogens (tertiary/aromatic N) is 1. The predicted molar refractivity (Wildman–Crippen MR) is 74.3 cm³/mol. The monoisotopic (exact) mass is 283 g/mol. The first-order valence-corrected chi connectivity index (χ1v) is 6.63. The van der Waals surface area contributed by atoms with Gasteiger partial charge in [-0.05, 0) is 18.2 Å². The van der Waals surface area contributed by atoms with Crippen LogP contribution in [0.5, 0.6) is 5.75 Å². The molecule has 1 fully saturated rings. The summed E-state index contributed by atoms with van der Waals surface area (Å²) in [5, 5.41) is 16.3. The highest BCUT2D eigenvalue weighted by molar-refractivity contribution is 6.30. The molecular weight excluding hydrogens is 266 g/mol. The van der Waals surface area contributed by atoms with Crippen molar-refractivity contribution in [3.8, 4) is 5.75 Å². The van der Waals surface area contributed by atoms with Crippen molar-refractivity contribution >= 4 is 17.5 Å². The summed E-state index contributed by atoms with van der Waals surface area (Å²) in [7, 11) is 1.63. The molecule has 19 heavy (non-hydrogen) atoms. The zero-order valence-corrected chi connectivity index (χ0v) is 11.6. The van der Waals surface area contributed by atoms with Crippen molar-refractivity contribution in [3.63, 3.8) is 0 Å². The Morgan fingerprint density at radius 2 is 2.42 bits per heavy atom. The molecule has 0 saturated carbocycles. The Hall–Kier alpha value is -1.30. The molecule has 6 heteroatoms. The second-order valence-electron chi connectivity index (χ2n) is 4.58. The van der Waals surface area contributed by atoms with Crippen LogP contribution in [0.25, 0.3) is 0 Å². The maximum atomic E-state index is 11.8. The second-order valence-corrected chi connectivity index (χ2v) is 5.01. The van der Waals surface area contributed by atoms with E-state index in [1.165, 1.54) is 0 Å². The van der Waals surface area contributed by atoms with Crippen LogP contribution in [0, 0.1) is 0 Å². The molecule has 1 unspecified atom stereocenters. The van der Waals surface area contributed by atoms with Crippen molar-refractivity contribution in [2.45, 2.75) is 12.6 Å². The zero-order valence-electron chi connectivity index (χ0n) is 10.8. The Morgan fingerprint density at radius 1 is 1.63 bits per heavy atom. The molecule has 0 spiro atoms. The Bertz CT molecular complexity index is 467. The van der Waals surface area contributed by atoms with Gasteiger partial charge in [0.1, 0.15) is 11.8 Å². The molecule has 1 saturated heterocycles. The lowest BCUT2D eigenvalue weighted by Crippen LogP contribution is -2.56. The zero-order chi connectivity index (χ0) is 13.8. The second kappa shape index (κ2) is 6.23. The van der Waals surface area contributed by atoms with Crippen molar-refractivity contribution < 1.29 is 9.90 Å². The molecule has 0 aliphatic carbocycles. The maximum absolute atomic E-state index is 11.8. The largest absolute Gasteiger partial charge is 0.508 e. The van der Waals surface area contributed by atoms with E-state index in [4.69, 9.17) is 11.6 Å². The standard InChI is InChI=1S/C13H18ClN3O2/c1-15-13(19)11-7-16-4-5-17(11)8-9-6-10(14)2-3-12(9)18/h2-3,6,11,16,18H,4-5,7-8H2,1H3,(H,15,19). The van der Waals surface area contributed by atoms with Gasteiger partial charge in [0, 0.05) is 43.8 Å². The number of benzene rings is 1. The summed E-state index contributed by atoms with van der Waals surface area (Å²) in [5.41, 5.74) is 0.739. The van der Waals surface area contributed by atoms with Crippen LogP contribution in [0.4, 0.5) is 0 Å². The summed E-state index contributed by atoms with van der Waals surface area (Å²) in [6.45, 7) is 2.70. The first-order valence-electron chi connectivity index (χ1n) is 6.25. The molecule has 2 rings (SSSR count). The van der Waals surface area contributed by atoms with Crippen LogP contribution in [-0.2, 0) is 11.3 Å². The topological polar surface area (TPSA) is 64.6 Å². The molecular formula is C13H18ClN3O2. The van der Waals surface area contributed by atoms with Crippen LogP contribution >= 0.6 is 11.6 Å². The molecule has 1 aliphatic rings. The van der Waals surface area contributed by atoms with Gasteiger partial charge in [0.15, 0.2) is 0 Å². The molecule has 104 valence electrons. The van der Waals surface area contributed by atoms with E-state index in [-0.39, 0.29) is 17.7 Å². The van der Waals surface area contributed by atoms with Gasteiger partial charge in [0.25, 0.3) is 0 Å². The Kier molecular flexibility index (Phi) is 4.63. The molecule has 0 bridgehead atoms. The number of nitrogens with one attached hydrogen (secondary N) is 2. The van der Waals surface area contributed by atoms with Gasteiger partial charge < -0.3 is 15.7 Å². The highest BCUT2D eigenvalue weighted by Gasteiger charge is 2.28.